The van der Waals surface area contributed by atoms with Crippen LogP contribution in [0.3, 0.4) is 0 Å². The second-order valence-electron chi connectivity index (χ2n) is 4.98. The first-order valence-electron chi connectivity index (χ1n) is 5.73. The minimum atomic E-state index is 0.0485. The van der Waals surface area contributed by atoms with Crippen molar-refractivity contribution in [3.63, 3.8) is 0 Å². The number of likely N-dealkylation sites (N-methyl/N-ethyl adjacent to an activating group) is 1. The molecular weight excluding hydrogens is 188 g/mol. The van der Waals surface area contributed by atoms with E-state index in [1.54, 1.807) is 6.92 Å². The lowest BCUT2D eigenvalue weighted by Gasteiger charge is -2.30. The lowest BCUT2D eigenvalue weighted by atomic mass is 10.1. The molecule has 3 heteroatoms. The summed E-state index contributed by atoms with van der Waals surface area (Å²) < 4.78 is 0. The van der Waals surface area contributed by atoms with Crippen molar-refractivity contribution in [1.29, 1.82) is 0 Å². The summed E-state index contributed by atoms with van der Waals surface area (Å²) in [4.78, 5) is 15.8. The maximum Gasteiger partial charge on any atom is 0.146 e. The van der Waals surface area contributed by atoms with Gasteiger partial charge in [-0.1, -0.05) is 13.8 Å². The minimum absolute atomic E-state index is 0.0485. The third-order valence-corrected chi connectivity index (χ3v) is 2.57. The maximum atomic E-state index is 11.4. The zero-order valence-electron chi connectivity index (χ0n) is 11.1. The highest BCUT2D eigenvalue weighted by molar-refractivity contribution is 5.80. The number of carbonyl (C=O) groups is 1. The molecular formula is C12H26N2O. The van der Waals surface area contributed by atoms with E-state index in [2.05, 4.69) is 37.7 Å². The van der Waals surface area contributed by atoms with Gasteiger partial charge >= 0.3 is 0 Å². The fourth-order valence-corrected chi connectivity index (χ4v) is 1.50. The molecule has 3 nitrogen and oxygen atoms in total. The number of rotatable bonds is 7. The van der Waals surface area contributed by atoms with Crippen LogP contribution < -0.4 is 0 Å². The molecule has 0 aromatic rings. The van der Waals surface area contributed by atoms with Crippen molar-refractivity contribution in [3.05, 3.63) is 0 Å². The van der Waals surface area contributed by atoms with Crippen LogP contribution in [-0.2, 0) is 4.79 Å². The summed E-state index contributed by atoms with van der Waals surface area (Å²) >= 11 is 0. The van der Waals surface area contributed by atoms with Gasteiger partial charge in [-0.25, -0.2) is 0 Å². The molecule has 0 aliphatic rings. The van der Waals surface area contributed by atoms with Gasteiger partial charge in [0.1, 0.15) is 5.78 Å². The van der Waals surface area contributed by atoms with E-state index in [-0.39, 0.29) is 11.8 Å². The van der Waals surface area contributed by atoms with Crippen LogP contribution in [0.1, 0.15) is 27.7 Å². The first-order chi connectivity index (χ1) is 6.84. The van der Waals surface area contributed by atoms with E-state index in [4.69, 9.17) is 0 Å². The average molecular weight is 214 g/mol. The molecule has 0 rings (SSSR count). The lowest BCUT2D eigenvalue weighted by Crippen LogP contribution is -2.43. The highest BCUT2D eigenvalue weighted by atomic mass is 16.1. The van der Waals surface area contributed by atoms with E-state index >= 15 is 0 Å². The smallest absolute Gasteiger partial charge is 0.146 e. The zero-order chi connectivity index (χ0) is 12.0. The monoisotopic (exact) mass is 214 g/mol. The van der Waals surface area contributed by atoms with Gasteiger partial charge in [0.15, 0.2) is 0 Å². The number of nitrogens with zero attached hydrogens (tertiary/aromatic N) is 2. The van der Waals surface area contributed by atoms with Crippen molar-refractivity contribution in [2.24, 2.45) is 5.92 Å². The Kier molecular flexibility index (Phi) is 6.77. The fourth-order valence-electron chi connectivity index (χ4n) is 1.50. The summed E-state index contributed by atoms with van der Waals surface area (Å²) in [6, 6.07) is 0.0485. The molecule has 15 heavy (non-hydrogen) atoms. The summed E-state index contributed by atoms with van der Waals surface area (Å²) in [6.07, 6.45) is 0. The minimum Gasteiger partial charge on any atom is -0.308 e. The van der Waals surface area contributed by atoms with Crippen molar-refractivity contribution >= 4 is 5.78 Å². The van der Waals surface area contributed by atoms with E-state index in [9.17, 15) is 4.79 Å². The molecule has 90 valence electrons. The van der Waals surface area contributed by atoms with Gasteiger partial charge in [-0.15, -0.1) is 0 Å². The van der Waals surface area contributed by atoms with E-state index in [1.807, 2.05) is 6.92 Å². The summed E-state index contributed by atoms with van der Waals surface area (Å²) in [6.45, 7) is 11.0. The number of hydrogen-bond acceptors (Lipinski definition) is 3. The Morgan fingerprint density at radius 1 is 1.13 bits per heavy atom. The largest absolute Gasteiger partial charge is 0.308 e. The third-order valence-electron chi connectivity index (χ3n) is 2.57. The fraction of sp³-hybridized carbons (Fsp3) is 0.917. The summed E-state index contributed by atoms with van der Waals surface area (Å²) in [5.41, 5.74) is 0. The topological polar surface area (TPSA) is 23.6 Å². The standard InChI is InChI=1S/C12H26N2O/c1-10(2)9-14(8-7-13(5)6)11(3)12(4)15/h10-11H,7-9H2,1-6H3. The van der Waals surface area contributed by atoms with Crippen LogP contribution in [0.2, 0.25) is 0 Å². The van der Waals surface area contributed by atoms with Gasteiger partial charge in [-0.2, -0.15) is 0 Å². The van der Waals surface area contributed by atoms with E-state index < -0.39 is 0 Å². The van der Waals surface area contributed by atoms with Gasteiger partial charge in [-0.3, -0.25) is 9.69 Å². The number of Topliss-reactive ketones (excluding diaryl/α,β-unsaturated/α-hetero) is 1. The van der Waals surface area contributed by atoms with Crippen LogP contribution in [0.5, 0.6) is 0 Å². The van der Waals surface area contributed by atoms with Crippen molar-refractivity contribution in [2.45, 2.75) is 33.7 Å². The molecule has 0 radical (unpaired) electrons. The van der Waals surface area contributed by atoms with Crippen LogP contribution in [-0.4, -0.2) is 55.4 Å². The zero-order valence-corrected chi connectivity index (χ0v) is 11.1. The summed E-state index contributed by atoms with van der Waals surface area (Å²) in [7, 11) is 4.12. The highest BCUT2D eigenvalue weighted by Crippen LogP contribution is 2.05. The van der Waals surface area contributed by atoms with Gasteiger partial charge < -0.3 is 4.90 Å². The molecule has 0 heterocycles. The molecule has 0 saturated heterocycles. The van der Waals surface area contributed by atoms with E-state index in [1.165, 1.54) is 0 Å². The number of carbonyl (C=O) groups excluding carboxylic acids is 1. The van der Waals surface area contributed by atoms with Crippen LogP contribution in [0.25, 0.3) is 0 Å². The first kappa shape index (κ1) is 14.6. The molecule has 0 fully saturated rings. The Morgan fingerprint density at radius 3 is 2.00 bits per heavy atom. The van der Waals surface area contributed by atoms with Crippen LogP contribution in [0.15, 0.2) is 0 Å². The Hall–Kier alpha value is -0.410. The molecule has 0 aliphatic heterocycles. The van der Waals surface area contributed by atoms with Gasteiger partial charge in [0.25, 0.3) is 0 Å². The first-order valence-corrected chi connectivity index (χ1v) is 5.73. The van der Waals surface area contributed by atoms with Crippen LogP contribution in [0, 0.1) is 5.92 Å². The normalized spacial score (nSPS) is 13.9. The summed E-state index contributed by atoms with van der Waals surface area (Å²) in [5, 5.41) is 0. The molecule has 1 unspecified atom stereocenters. The Balaban J connectivity index is 4.23. The molecule has 0 saturated carbocycles. The Labute approximate surface area is 94.4 Å². The Morgan fingerprint density at radius 2 is 1.67 bits per heavy atom. The van der Waals surface area contributed by atoms with Crippen molar-refractivity contribution in [3.8, 4) is 0 Å². The van der Waals surface area contributed by atoms with Gasteiger partial charge in [-0.05, 0) is 33.9 Å². The van der Waals surface area contributed by atoms with E-state index in [0.29, 0.717) is 5.92 Å². The molecule has 0 spiro atoms. The second kappa shape index (κ2) is 6.96. The van der Waals surface area contributed by atoms with Crippen molar-refractivity contribution in [1.82, 2.24) is 9.80 Å². The highest BCUT2D eigenvalue weighted by Gasteiger charge is 2.18. The van der Waals surface area contributed by atoms with Gasteiger partial charge in [0, 0.05) is 19.6 Å². The molecule has 0 aromatic carbocycles. The average Bonchev–Trinajstić information content (AvgIpc) is 2.10. The predicted molar refractivity (Wildman–Crippen MR) is 65.1 cm³/mol. The van der Waals surface area contributed by atoms with E-state index in [0.717, 1.165) is 19.6 Å². The quantitative estimate of drug-likeness (QED) is 0.641. The SMILES string of the molecule is CC(=O)C(C)N(CCN(C)C)CC(C)C. The van der Waals surface area contributed by atoms with Crippen molar-refractivity contribution in [2.75, 3.05) is 33.7 Å². The second-order valence-corrected chi connectivity index (χ2v) is 4.98. The molecule has 0 aromatic heterocycles. The molecule has 1 atom stereocenters. The third kappa shape index (κ3) is 6.63. The van der Waals surface area contributed by atoms with Crippen molar-refractivity contribution < 1.29 is 4.79 Å². The van der Waals surface area contributed by atoms with Crippen LogP contribution >= 0.6 is 0 Å². The molecule has 0 amide bonds. The van der Waals surface area contributed by atoms with Gasteiger partial charge in [0.2, 0.25) is 0 Å². The van der Waals surface area contributed by atoms with Gasteiger partial charge in [0.05, 0.1) is 6.04 Å². The summed E-state index contributed by atoms with van der Waals surface area (Å²) in [5.74, 6) is 0.864. The molecule has 0 N–H and O–H groups in total. The maximum absolute atomic E-state index is 11.4. The predicted octanol–water partition coefficient (Wildman–Crippen LogP) is 1.48. The lowest BCUT2D eigenvalue weighted by molar-refractivity contribution is -0.121. The Bertz CT molecular complexity index is 190. The molecule has 0 aliphatic carbocycles. The van der Waals surface area contributed by atoms with Crippen LogP contribution in [0.4, 0.5) is 0 Å². The number of hydrogen-bond donors (Lipinski definition) is 0. The number of ketones is 1. The molecule has 0 bridgehead atoms.